The normalized spacial score (nSPS) is 18.0. The second-order valence-electron chi connectivity index (χ2n) is 7.23. The second kappa shape index (κ2) is 11.9. The molecule has 0 saturated heterocycles. The molecule has 1 aromatic carbocycles. The molecular formula is C21H33FN2O. The Hall–Kier alpha value is -1.58. The summed E-state index contributed by atoms with van der Waals surface area (Å²) in [5.41, 5.74) is 1.03. The molecule has 1 aliphatic rings. The van der Waals surface area contributed by atoms with Crippen LogP contribution in [-0.4, -0.2) is 18.6 Å². The highest BCUT2D eigenvalue weighted by Crippen LogP contribution is 2.16. The third kappa shape index (κ3) is 8.89. The molecule has 0 aliphatic heterocycles. The number of carbonyl (C=O) groups is 1. The molecule has 0 bridgehead atoms. The molecule has 4 heteroatoms. The number of rotatable bonds is 4. The van der Waals surface area contributed by atoms with E-state index in [4.69, 9.17) is 0 Å². The molecule has 1 aromatic rings. The summed E-state index contributed by atoms with van der Waals surface area (Å²) in [6, 6.07) is 6.67. The molecule has 0 unspecified atom stereocenters. The molecule has 0 heterocycles. The van der Waals surface area contributed by atoms with Crippen LogP contribution in [0.25, 0.3) is 0 Å². The van der Waals surface area contributed by atoms with Crippen LogP contribution in [0.15, 0.2) is 24.3 Å². The summed E-state index contributed by atoms with van der Waals surface area (Å²) in [4.78, 5) is 12.1. The summed E-state index contributed by atoms with van der Waals surface area (Å²) >= 11 is 0. The minimum atomic E-state index is -0.225. The first-order valence-electron chi connectivity index (χ1n) is 10.0. The minimum Gasteiger partial charge on any atom is -0.338 e. The number of hydrogen-bond donors (Lipinski definition) is 2. The average molecular weight is 349 g/mol. The molecule has 2 rings (SSSR count). The van der Waals surface area contributed by atoms with E-state index in [1.807, 2.05) is 0 Å². The first-order valence-corrected chi connectivity index (χ1v) is 10.0. The monoisotopic (exact) mass is 348 g/mol. The Labute approximate surface area is 151 Å². The Morgan fingerprint density at radius 2 is 1.40 bits per heavy atom. The number of nitrogens with one attached hydrogen (secondary N) is 2. The van der Waals surface area contributed by atoms with Crippen LogP contribution in [0, 0.1) is 5.82 Å². The Morgan fingerprint density at radius 3 is 1.96 bits per heavy atom. The van der Waals surface area contributed by atoms with Gasteiger partial charge in [-0.2, -0.15) is 0 Å². The maximum atomic E-state index is 12.9. The second-order valence-corrected chi connectivity index (χ2v) is 7.23. The number of halogens is 1. The van der Waals surface area contributed by atoms with Gasteiger partial charge in [-0.3, -0.25) is 0 Å². The van der Waals surface area contributed by atoms with E-state index in [9.17, 15) is 9.18 Å². The van der Waals surface area contributed by atoms with E-state index in [0.29, 0.717) is 12.6 Å². The summed E-state index contributed by atoms with van der Waals surface area (Å²) in [7, 11) is 0. The van der Waals surface area contributed by atoms with Gasteiger partial charge in [0, 0.05) is 12.6 Å². The van der Waals surface area contributed by atoms with Crippen molar-refractivity contribution in [1.82, 2.24) is 10.6 Å². The first kappa shape index (κ1) is 19.7. The summed E-state index contributed by atoms with van der Waals surface area (Å²) < 4.78 is 12.9. The van der Waals surface area contributed by atoms with E-state index in [0.717, 1.165) is 24.8 Å². The highest BCUT2D eigenvalue weighted by molar-refractivity contribution is 5.74. The highest BCUT2D eigenvalue weighted by Gasteiger charge is 2.12. The maximum absolute atomic E-state index is 12.9. The lowest BCUT2D eigenvalue weighted by Crippen LogP contribution is -2.42. The van der Waals surface area contributed by atoms with E-state index in [1.54, 1.807) is 12.1 Å². The topological polar surface area (TPSA) is 41.1 Å². The zero-order chi connectivity index (χ0) is 17.7. The Balaban J connectivity index is 1.67. The van der Waals surface area contributed by atoms with Crippen molar-refractivity contribution in [3.63, 3.8) is 0 Å². The fraction of sp³-hybridized carbons (Fsp3) is 0.667. The molecule has 3 nitrogen and oxygen atoms in total. The number of amides is 2. The van der Waals surface area contributed by atoms with Crippen molar-refractivity contribution < 1.29 is 9.18 Å². The van der Waals surface area contributed by atoms with Crippen molar-refractivity contribution >= 4 is 6.03 Å². The Kier molecular flexibility index (Phi) is 9.38. The van der Waals surface area contributed by atoms with Crippen molar-refractivity contribution in [3.05, 3.63) is 35.6 Å². The lowest BCUT2D eigenvalue weighted by molar-refractivity contribution is 0.234. The van der Waals surface area contributed by atoms with Crippen LogP contribution in [0.1, 0.15) is 76.2 Å². The molecule has 0 atom stereocenters. The molecule has 1 aliphatic carbocycles. The van der Waals surface area contributed by atoms with E-state index in [1.165, 1.54) is 69.9 Å². The summed E-state index contributed by atoms with van der Waals surface area (Å²) in [6.07, 6.45) is 14.7. The summed E-state index contributed by atoms with van der Waals surface area (Å²) in [6.45, 7) is 0.574. The lowest BCUT2D eigenvalue weighted by Gasteiger charge is -2.20. The lowest BCUT2D eigenvalue weighted by atomic mass is 9.98. The van der Waals surface area contributed by atoms with Gasteiger partial charge in [0.15, 0.2) is 0 Å². The van der Waals surface area contributed by atoms with E-state index in [2.05, 4.69) is 10.6 Å². The van der Waals surface area contributed by atoms with E-state index >= 15 is 0 Å². The first-order chi connectivity index (χ1) is 12.2. The third-order valence-corrected chi connectivity index (χ3v) is 5.05. The molecule has 1 saturated carbocycles. The van der Waals surface area contributed by atoms with Gasteiger partial charge in [0.1, 0.15) is 5.82 Å². The van der Waals surface area contributed by atoms with Crippen molar-refractivity contribution in [2.24, 2.45) is 0 Å². The quantitative estimate of drug-likeness (QED) is 0.757. The van der Waals surface area contributed by atoms with Gasteiger partial charge >= 0.3 is 6.03 Å². The van der Waals surface area contributed by atoms with Gasteiger partial charge in [-0.25, -0.2) is 9.18 Å². The van der Waals surface area contributed by atoms with E-state index < -0.39 is 0 Å². The molecule has 25 heavy (non-hydrogen) atoms. The van der Waals surface area contributed by atoms with Crippen LogP contribution in [0.4, 0.5) is 9.18 Å². The van der Waals surface area contributed by atoms with Gasteiger partial charge in [0.05, 0.1) is 0 Å². The average Bonchev–Trinajstić information content (AvgIpc) is 2.59. The molecule has 0 spiro atoms. The van der Waals surface area contributed by atoms with Crippen LogP contribution in [0.5, 0.6) is 0 Å². The number of carbonyl (C=O) groups excluding carboxylic acids is 1. The maximum Gasteiger partial charge on any atom is 0.315 e. The fourth-order valence-corrected chi connectivity index (χ4v) is 3.52. The van der Waals surface area contributed by atoms with Crippen LogP contribution < -0.4 is 10.6 Å². The van der Waals surface area contributed by atoms with Crippen molar-refractivity contribution in [3.8, 4) is 0 Å². The zero-order valence-electron chi connectivity index (χ0n) is 15.4. The Morgan fingerprint density at radius 1 is 0.880 bits per heavy atom. The van der Waals surface area contributed by atoms with Gasteiger partial charge in [-0.1, -0.05) is 69.9 Å². The fourth-order valence-electron chi connectivity index (χ4n) is 3.52. The molecule has 1 fully saturated rings. The number of benzene rings is 1. The van der Waals surface area contributed by atoms with Gasteiger partial charge in [0.25, 0.3) is 0 Å². The van der Waals surface area contributed by atoms with Crippen LogP contribution in [0.2, 0.25) is 0 Å². The standard InChI is InChI=1S/C21H33FN2O/c22-19-14-12-18(13-15-19)16-17-23-21(25)24-20-10-8-6-4-2-1-3-5-7-9-11-20/h12-15,20H,1-11,16-17H2,(H2,23,24,25). The molecule has 2 N–H and O–H groups in total. The predicted molar refractivity (Wildman–Crippen MR) is 101 cm³/mol. The van der Waals surface area contributed by atoms with Crippen molar-refractivity contribution in [2.75, 3.05) is 6.54 Å². The van der Waals surface area contributed by atoms with Gasteiger partial charge < -0.3 is 10.6 Å². The van der Waals surface area contributed by atoms with Gasteiger partial charge in [-0.15, -0.1) is 0 Å². The molecule has 0 radical (unpaired) electrons. The van der Waals surface area contributed by atoms with Crippen LogP contribution >= 0.6 is 0 Å². The van der Waals surface area contributed by atoms with Crippen molar-refractivity contribution in [1.29, 1.82) is 0 Å². The van der Waals surface area contributed by atoms with E-state index in [-0.39, 0.29) is 11.8 Å². The van der Waals surface area contributed by atoms with Gasteiger partial charge in [-0.05, 0) is 37.0 Å². The SMILES string of the molecule is O=C(NCCc1ccc(F)cc1)NC1CCCCCCCCCCC1. The molecule has 140 valence electrons. The number of hydrogen-bond acceptors (Lipinski definition) is 1. The largest absolute Gasteiger partial charge is 0.338 e. The molecule has 0 aromatic heterocycles. The molecule has 2 amide bonds. The number of urea groups is 1. The Bertz CT molecular complexity index is 477. The smallest absolute Gasteiger partial charge is 0.315 e. The highest BCUT2D eigenvalue weighted by atomic mass is 19.1. The van der Waals surface area contributed by atoms with Crippen molar-refractivity contribution in [2.45, 2.75) is 83.1 Å². The minimum absolute atomic E-state index is 0.0702. The molecular weight excluding hydrogens is 315 g/mol. The zero-order valence-corrected chi connectivity index (χ0v) is 15.4. The van der Waals surface area contributed by atoms with Gasteiger partial charge in [0.2, 0.25) is 0 Å². The summed E-state index contributed by atoms with van der Waals surface area (Å²) in [5, 5.41) is 6.09. The predicted octanol–water partition coefficient (Wildman–Crippen LogP) is 5.34. The summed E-state index contributed by atoms with van der Waals surface area (Å²) in [5.74, 6) is -0.225. The van der Waals surface area contributed by atoms with Crippen LogP contribution in [-0.2, 0) is 6.42 Å². The third-order valence-electron chi connectivity index (χ3n) is 5.05. The van der Waals surface area contributed by atoms with Crippen LogP contribution in [0.3, 0.4) is 0 Å².